The topological polar surface area (TPSA) is 121 Å². The molecule has 11 heteroatoms. The fourth-order valence-corrected chi connectivity index (χ4v) is 5.68. The van der Waals surface area contributed by atoms with Gasteiger partial charge in [0.2, 0.25) is 0 Å². The van der Waals surface area contributed by atoms with Crippen LogP contribution < -0.4 is 26.7 Å². The second-order valence-electron chi connectivity index (χ2n) is 11.8. The van der Waals surface area contributed by atoms with Gasteiger partial charge in [0.15, 0.2) is 0 Å². The minimum absolute atomic E-state index is 0.191. The maximum absolute atomic E-state index is 12.9. The van der Waals surface area contributed by atoms with Crippen molar-refractivity contribution in [3.05, 3.63) is 101 Å². The van der Waals surface area contributed by atoms with E-state index in [1.165, 1.54) is 5.57 Å². The van der Waals surface area contributed by atoms with Crippen LogP contribution in [0, 0.1) is 0 Å². The van der Waals surface area contributed by atoms with Crippen LogP contribution in [0.5, 0.6) is 0 Å². The van der Waals surface area contributed by atoms with Crippen LogP contribution in [0.1, 0.15) is 18.9 Å². The molecule has 3 heterocycles. The van der Waals surface area contributed by atoms with Crippen LogP contribution in [0.4, 0.5) is 27.5 Å². The van der Waals surface area contributed by atoms with E-state index in [0.29, 0.717) is 40.3 Å². The lowest BCUT2D eigenvalue weighted by Gasteiger charge is -2.32. The fraction of sp³-hybridized carbons (Fsp3) is 0.265. The summed E-state index contributed by atoms with van der Waals surface area (Å²) in [4.78, 5) is 43.1. The number of rotatable bonds is 6. The number of hydrogen-bond donors (Lipinski definition) is 5. The first-order chi connectivity index (χ1) is 21.7. The number of carbonyl (C=O) groups excluding carboxylic acids is 3. The molecule has 232 valence electrons. The Morgan fingerprint density at radius 1 is 0.911 bits per heavy atom. The number of fused-ring (bicyclic) bond motifs is 1. The molecule has 5 N–H and O–H groups in total. The standard InChI is InChI=1S/C34H38N8O3/c1-22-20-41(3)39-30(22)19-29-28-12-11-27(18-31(28)38-33(29)44)37-34(45)36-26-6-4-5-25(17-26)35-32(43)24-9-7-23(8-10-24)21-42-15-13-40(2)14-16-42/h4-7,9-12,17-19,21,39H,8,13-16,20H2,1-3H3,(H,35,43)(H,38,44)(H2,36,37,45). The predicted molar refractivity (Wildman–Crippen MR) is 178 cm³/mol. The Morgan fingerprint density at radius 3 is 2.33 bits per heavy atom. The van der Waals surface area contributed by atoms with Gasteiger partial charge in [0.25, 0.3) is 11.8 Å². The minimum Gasteiger partial charge on any atom is -0.375 e. The van der Waals surface area contributed by atoms with Crippen molar-refractivity contribution in [3.63, 3.8) is 0 Å². The molecule has 2 aromatic carbocycles. The van der Waals surface area contributed by atoms with Crippen molar-refractivity contribution in [2.45, 2.75) is 13.3 Å². The van der Waals surface area contributed by atoms with E-state index in [0.717, 1.165) is 49.6 Å². The Hall–Kier alpha value is -5.13. The Kier molecular flexibility index (Phi) is 8.54. The van der Waals surface area contributed by atoms with Gasteiger partial charge in [-0.05, 0) is 74.0 Å². The van der Waals surface area contributed by atoms with E-state index < -0.39 is 6.03 Å². The van der Waals surface area contributed by atoms with E-state index in [2.05, 4.69) is 49.7 Å². The average molecular weight is 607 g/mol. The third-order valence-corrected chi connectivity index (χ3v) is 8.16. The molecule has 0 bridgehead atoms. The first kappa shape index (κ1) is 29.9. The third kappa shape index (κ3) is 7.17. The summed E-state index contributed by atoms with van der Waals surface area (Å²) in [6, 6.07) is 11.9. The lowest BCUT2D eigenvalue weighted by Crippen LogP contribution is -2.41. The van der Waals surface area contributed by atoms with E-state index >= 15 is 0 Å². The van der Waals surface area contributed by atoms with Gasteiger partial charge >= 0.3 is 6.03 Å². The fourth-order valence-electron chi connectivity index (χ4n) is 5.68. The van der Waals surface area contributed by atoms with Crippen LogP contribution in [0.3, 0.4) is 0 Å². The van der Waals surface area contributed by atoms with Crippen LogP contribution in [0.2, 0.25) is 0 Å². The zero-order valence-electron chi connectivity index (χ0n) is 25.7. The van der Waals surface area contributed by atoms with Crippen molar-refractivity contribution in [3.8, 4) is 0 Å². The van der Waals surface area contributed by atoms with Crippen LogP contribution in [-0.2, 0) is 9.59 Å². The zero-order chi connectivity index (χ0) is 31.5. The number of hydrazine groups is 1. The second kappa shape index (κ2) is 12.8. The number of amides is 4. The van der Waals surface area contributed by atoms with Gasteiger partial charge in [0.1, 0.15) is 0 Å². The number of allylic oxidation sites excluding steroid dienone is 4. The normalized spacial score (nSPS) is 20.2. The zero-order valence-corrected chi connectivity index (χ0v) is 25.7. The largest absolute Gasteiger partial charge is 0.375 e. The van der Waals surface area contributed by atoms with Gasteiger partial charge in [-0.2, -0.15) is 0 Å². The van der Waals surface area contributed by atoms with Crippen LogP contribution in [-0.4, -0.2) is 79.5 Å². The summed E-state index contributed by atoms with van der Waals surface area (Å²) in [6.07, 6.45) is 10.5. The number of hydrogen-bond acceptors (Lipinski definition) is 7. The molecule has 2 aromatic rings. The van der Waals surface area contributed by atoms with Gasteiger partial charge in [-0.15, -0.1) is 0 Å². The van der Waals surface area contributed by atoms with Gasteiger partial charge in [-0.3, -0.25) is 9.59 Å². The van der Waals surface area contributed by atoms with E-state index in [4.69, 9.17) is 0 Å². The van der Waals surface area contributed by atoms with Crippen molar-refractivity contribution >= 4 is 46.2 Å². The van der Waals surface area contributed by atoms with E-state index in [1.807, 2.05) is 49.4 Å². The number of anilines is 4. The molecular weight excluding hydrogens is 568 g/mol. The summed E-state index contributed by atoms with van der Waals surface area (Å²) in [6.45, 7) is 6.92. The van der Waals surface area contributed by atoms with Gasteiger partial charge in [-0.25, -0.2) is 9.80 Å². The van der Waals surface area contributed by atoms with E-state index in [-0.39, 0.29) is 11.8 Å². The molecule has 0 unspecified atom stereocenters. The first-order valence-electron chi connectivity index (χ1n) is 15.1. The van der Waals surface area contributed by atoms with Gasteiger partial charge < -0.3 is 36.5 Å². The molecule has 1 fully saturated rings. The van der Waals surface area contributed by atoms with Gasteiger partial charge in [0, 0.05) is 74.2 Å². The number of benzene rings is 2. The van der Waals surface area contributed by atoms with Crippen LogP contribution in [0.15, 0.2) is 95.4 Å². The number of nitrogens with one attached hydrogen (secondary N) is 5. The molecule has 6 rings (SSSR count). The second-order valence-corrected chi connectivity index (χ2v) is 11.8. The summed E-state index contributed by atoms with van der Waals surface area (Å²) in [5, 5.41) is 13.4. The highest BCUT2D eigenvalue weighted by atomic mass is 16.2. The molecule has 3 aliphatic heterocycles. The molecule has 45 heavy (non-hydrogen) atoms. The van der Waals surface area contributed by atoms with E-state index in [1.54, 1.807) is 36.4 Å². The number of nitrogens with zero attached hydrogens (tertiary/aromatic N) is 3. The quantitative estimate of drug-likeness (QED) is 0.310. The number of carbonyl (C=O) groups is 3. The maximum atomic E-state index is 12.9. The summed E-state index contributed by atoms with van der Waals surface area (Å²) in [5.41, 5.74) is 10.7. The third-order valence-electron chi connectivity index (χ3n) is 8.16. The minimum atomic E-state index is -0.449. The highest BCUT2D eigenvalue weighted by Crippen LogP contribution is 2.35. The Morgan fingerprint density at radius 2 is 1.64 bits per heavy atom. The lowest BCUT2D eigenvalue weighted by atomic mass is 10.0. The molecule has 0 radical (unpaired) electrons. The van der Waals surface area contributed by atoms with Crippen LogP contribution >= 0.6 is 0 Å². The maximum Gasteiger partial charge on any atom is 0.323 e. The molecule has 0 saturated carbocycles. The first-order valence-corrected chi connectivity index (χ1v) is 15.1. The predicted octanol–water partition coefficient (Wildman–Crippen LogP) is 4.35. The number of piperazine rings is 1. The molecule has 0 atom stereocenters. The number of likely N-dealkylation sites (N-methyl/N-ethyl adjacent to an activating group) is 2. The van der Waals surface area contributed by atoms with Gasteiger partial charge in [0.05, 0.1) is 17.0 Å². The SMILES string of the molecule is CC1=C(C=C2C(=O)Nc3cc(NC(=O)Nc4cccc(NC(=O)C5=CCC(=CN6CCN(C)CC6)C=C5)c4)ccc32)NN(C)C1. The highest BCUT2D eigenvalue weighted by Gasteiger charge is 2.26. The van der Waals surface area contributed by atoms with Crippen molar-refractivity contribution in [2.24, 2.45) is 0 Å². The monoisotopic (exact) mass is 606 g/mol. The van der Waals surface area contributed by atoms with Crippen LogP contribution in [0.25, 0.3) is 5.57 Å². The van der Waals surface area contributed by atoms with Gasteiger partial charge in [-0.1, -0.05) is 24.3 Å². The molecule has 0 spiro atoms. The summed E-state index contributed by atoms with van der Waals surface area (Å²) < 4.78 is 0. The van der Waals surface area contributed by atoms with E-state index in [9.17, 15) is 14.4 Å². The average Bonchev–Trinajstić information content (AvgIpc) is 3.50. The molecule has 1 aliphatic carbocycles. The lowest BCUT2D eigenvalue weighted by molar-refractivity contribution is -0.112. The number of urea groups is 1. The Labute approximate surface area is 263 Å². The molecular formula is C34H38N8O3. The van der Waals surface area contributed by atoms with Crippen molar-refractivity contribution in [2.75, 3.05) is 68.1 Å². The Balaban J connectivity index is 1.03. The summed E-state index contributed by atoms with van der Waals surface area (Å²) in [5.74, 6) is -0.397. The Bertz CT molecular complexity index is 1690. The molecule has 0 aromatic heterocycles. The molecule has 11 nitrogen and oxygen atoms in total. The van der Waals surface area contributed by atoms with Crippen molar-refractivity contribution in [1.82, 2.24) is 20.2 Å². The highest BCUT2D eigenvalue weighted by molar-refractivity contribution is 6.32. The summed E-state index contributed by atoms with van der Waals surface area (Å²) >= 11 is 0. The molecule has 4 amide bonds. The molecule has 4 aliphatic rings. The van der Waals surface area contributed by atoms with Crippen molar-refractivity contribution < 1.29 is 14.4 Å². The van der Waals surface area contributed by atoms with Crippen molar-refractivity contribution in [1.29, 1.82) is 0 Å². The molecule has 1 saturated heterocycles. The summed E-state index contributed by atoms with van der Waals surface area (Å²) in [7, 11) is 4.08. The smallest absolute Gasteiger partial charge is 0.323 e.